The minimum atomic E-state index is -1.28. The van der Waals surface area contributed by atoms with Crippen LogP contribution in [0, 0.1) is 5.92 Å². The number of aliphatic carboxylic acids is 1. The van der Waals surface area contributed by atoms with Gasteiger partial charge >= 0.3 is 11.7 Å². The van der Waals surface area contributed by atoms with Crippen molar-refractivity contribution in [2.75, 3.05) is 19.6 Å². The maximum atomic E-state index is 13.3. The summed E-state index contributed by atoms with van der Waals surface area (Å²) in [6.07, 6.45) is 3.17. The average Bonchev–Trinajstić information content (AvgIpc) is 3.43. The van der Waals surface area contributed by atoms with Crippen molar-refractivity contribution in [3.63, 3.8) is 0 Å². The fourth-order valence-corrected chi connectivity index (χ4v) is 6.02. The van der Waals surface area contributed by atoms with E-state index in [1.807, 2.05) is 79.1 Å². The molecule has 0 radical (unpaired) electrons. The molecule has 2 aromatic carbocycles. The van der Waals surface area contributed by atoms with Gasteiger partial charge in [-0.3, -0.25) is 18.7 Å². The predicted octanol–water partition coefficient (Wildman–Crippen LogP) is 4.68. The fourth-order valence-electron chi connectivity index (χ4n) is 6.02. The van der Waals surface area contributed by atoms with Gasteiger partial charge in [0.1, 0.15) is 11.1 Å². The van der Waals surface area contributed by atoms with E-state index >= 15 is 0 Å². The number of hydrogen-bond donors (Lipinski definition) is 1. The second-order valence-electron chi connectivity index (χ2n) is 11.4. The van der Waals surface area contributed by atoms with Gasteiger partial charge in [-0.2, -0.15) is 0 Å². The van der Waals surface area contributed by atoms with E-state index in [2.05, 4.69) is 23.7 Å². The standard InChI is InChI=1S/C33H43N5O4/c1-6-36(7-2)21-19-27(38-23-34-28-29(38)37(22-24(3)4)32(42)35(5)30(28)39)18-20-33(31(40)41,25-14-10-8-11-15-25)26-16-12-9-13-17-26/h8-17,23-24,27H,6-7,18-22H2,1-5H3,(H,40,41). The monoisotopic (exact) mass is 573 g/mol. The molecule has 4 aromatic rings. The normalized spacial score (nSPS) is 12.8. The molecule has 224 valence electrons. The van der Waals surface area contributed by atoms with Crippen molar-refractivity contribution in [2.45, 2.75) is 65.0 Å². The van der Waals surface area contributed by atoms with Gasteiger partial charge in [-0.05, 0) is 49.4 Å². The maximum absolute atomic E-state index is 13.3. The summed E-state index contributed by atoms with van der Waals surface area (Å²) in [7, 11) is 1.48. The highest BCUT2D eigenvalue weighted by atomic mass is 16.4. The Hall–Kier alpha value is -3.98. The number of carboxylic acids is 1. The number of aromatic nitrogens is 4. The van der Waals surface area contributed by atoms with Gasteiger partial charge in [0.05, 0.1) is 6.33 Å². The molecule has 0 fully saturated rings. The minimum Gasteiger partial charge on any atom is -0.480 e. The molecular weight excluding hydrogens is 530 g/mol. The molecule has 1 unspecified atom stereocenters. The Morgan fingerprint density at radius 2 is 1.52 bits per heavy atom. The van der Waals surface area contributed by atoms with Gasteiger partial charge in [0, 0.05) is 26.2 Å². The molecule has 0 saturated carbocycles. The molecule has 42 heavy (non-hydrogen) atoms. The quantitative estimate of drug-likeness (QED) is 0.235. The number of carboxylic acid groups (broad SMARTS) is 1. The highest BCUT2D eigenvalue weighted by Gasteiger charge is 2.42. The number of fused-ring (bicyclic) bond motifs is 1. The second-order valence-corrected chi connectivity index (χ2v) is 11.4. The van der Waals surface area contributed by atoms with Crippen molar-refractivity contribution < 1.29 is 9.90 Å². The molecule has 0 spiro atoms. The van der Waals surface area contributed by atoms with Crippen molar-refractivity contribution in [3.05, 3.63) is 99.0 Å². The molecule has 1 atom stereocenters. The Morgan fingerprint density at radius 1 is 0.952 bits per heavy atom. The van der Waals surface area contributed by atoms with E-state index in [4.69, 9.17) is 0 Å². The van der Waals surface area contributed by atoms with Gasteiger partial charge in [-0.15, -0.1) is 0 Å². The number of nitrogens with zero attached hydrogens (tertiary/aromatic N) is 5. The summed E-state index contributed by atoms with van der Waals surface area (Å²) in [5.74, 6) is -0.750. The second kappa shape index (κ2) is 13.3. The van der Waals surface area contributed by atoms with Crippen LogP contribution < -0.4 is 11.2 Å². The van der Waals surface area contributed by atoms with Gasteiger partial charge in [-0.1, -0.05) is 88.4 Å². The number of hydrogen-bond acceptors (Lipinski definition) is 5. The first-order chi connectivity index (χ1) is 20.1. The lowest BCUT2D eigenvalue weighted by molar-refractivity contribution is -0.142. The lowest BCUT2D eigenvalue weighted by Crippen LogP contribution is -2.40. The first kappa shape index (κ1) is 31.0. The van der Waals surface area contributed by atoms with Crippen LogP contribution in [0.1, 0.15) is 64.1 Å². The molecule has 0 saturated heterocycles. The van der Waals surface area contributed by atoms with E-state index in [0.717, 1.165) is 24.2 Å². The molecule has 0 aliphatic heterocycles. The minimum absolute atomic E-state index is 0.164. The van der Waals surface area contributed by atoms with E-state index in [-0.39, 0.29) is 23.2 Å². The third kappa shape index (κ3) is 5.97. The summed E-state index contributed by atoms with van der Waals surface area (Å²) >= 11 is 0. The summed E-state index contributed by atoms with van der Waals surface area (Å²) < 4.78 is 4.72. The van der Waals surface area contributed by atoms with Crippen LogP contribution in [-0.4, -0.2) is 54.3 Å². The lowest BCUT2D eigenvalue weighted by atomic mass is 9.70. The smallest absolute Gasteiger partial charge is 0.332 e. The first-order valence-electron chi connectivity index (χ1n) is 14.9. The van der Waals surface area contributed by atoms with Crippen molar-refractivity contribution >= 4 is 17.1 Å². The van der Waals surface area contributed by atoms with Crippen LogP contribution in [0.25, 0.3) is 11.2 Å². The molecule has 2 aromatic heterocycles. The molecule has 1 N–H and O–H groups in total. The van der Waals surface area contributed by atoms with Crippen LogP contribution in [0.3, 0.4) is 0 Å². The van der Waals surface area contributed by atoms with Gasteiger partial charge in [0.2, 0.25) is 0 Å². The molecule has 0 amide bonds. The SMILES string of the molecule is CCN(CC)CCC(CCC(C(=O)O)(c1ccccc1)c1ccccc1)n1cnc2c(=O)n(C)c(=O)n(CC(C)C)c21. The van der Waals surface area contributed by atoms with Gasteiger partial charge in [0.25, 0.3) is 5.56 Å². The Bertz CT molecular complexity index is 1560. The number of benzene rings is 2. The van der Waals surface area contributed by atoms with E-state index in [1.54, 1.807) is 10.9 Å². The summed E-state index contributed by atoms with van der Waals surface area (Å²) in [6.45, 7) is 11.3. The van der Waals surface area contributed by atoms with Gasteiger partial charge in [-0.25, -0.2) is 9.78 Å². The molecule has 9 nitrogen and oxygen atoms in total. The maximum Gasteiger partial charge on any atom is 0.332 e. The predicted molar refractivity (Wildman–Crippen MR) is 166 cm³/mol. The van der Waals surface area contributed by atoms with Crippen LogP contribution in [0.15, 0.2) is 76.6 Å². The van der Waals surface area contributed by atoms with Crippen LogP contribution in [-0.2, 0) is 23.8 Å². The van der Waals surface area contributed by atoms with Crippen LogP contribution in [0.2, 0.25) is 0 Å². The number of rotatable bonds is 14. The number of carbonyl (C=O) groups is 1. The van der Waals surface area contributed by atoms with E-state index in [0.29, 0.717) is 42.6 Å². The summed E-state index contributed by atoms with van der Waals surface area (Å²) in [5, 5.41) is 10.9. The Balaban J connectivity index is 1.88. The lowest BCUT2D eigenvalue weighted by Gasteiger charge is -2.33. The topological polar surface area (TPSA) is 102 Å². The van der Waals surface area contributed by atoms with Gasteiger partial charge < -0.3 is 14.6 Å². The average molecular weight is 574 g/mol. The number of imidazole rings is 1. The zero-order chi connectivity index (χ0) is 30.4. The third-order valence-corrected chi connectivity index (χ3v) is 8.41. The zero-order valence-corrected chi connectivity index (χ0v) is 25.4. The highest BCUT2D eigenvalue weighted by Crippen LogP contribution is 2.40. The third-order valence-electron chi connectivity index (χ3n) is 8.41. The first-order valence-corrected chi connectivity index (χ1v) is 14.9. The Labute approximate surface area is 247 Å². The Morgan fingerprint density at radius 3 is 2.02 bits per heavy atom. The largest absolute Gasteiger partial charge is 0.480 e. The molecule has 4 rings (SSSR count). The van der Waals surface area contributed by atoms with Crippen LogP contribution in [0.4, 0.5) is 0 Å². The molecule has 9 heteroatoms. The van der Waals surface area contributed by atoms with Crippen LogP contribution in [0.5, 0.6) is 0 Å². The van der Waals surface area contributed by atoms with Crippen molar-refractivity contribution in [2.24, 2.45) is 13.0 Å². The zero-order valence-electron chi connectivity index (χ0n) is 25.4. The van der Waals surface area contributed by atoms with Crippen molar-refractivity contribution in [1.29, 1.82) is 0 Å². The molecule has 0 aliphatic carbocycles. The van der Waals surface area contributed by atoms with Crippen LogP contribution >= 0.6 is 0 Å². The molecule has 0 aliphatic rings. The molecule has 2 heterocycles. The Kier molecular flexibility index (Phi) is 9.83. The van der Waals surface area contributed by atoms with Crippen molar-refractivity contribution in [3.8, 4) is 0 Å². The highest BCUT2D eigenvalue weighted by molar-refractivity contribution is 5.86. The molecule has 0 bridgehead atoms. The summed E-state index contributed by atoms with van der Waals surface area (Å²) in [5.41, 5.74) is 0.103. The van der Waals surface area contributed by atoms with E-state index < -0.39 is 16.9 Å². The van der Waals surface area contributed by atoms with E-state index in [9.17, 15) is 19.5 Å². The van der Waals surface area contributed by atoms with E-state index in [1.165, 1.54) is 7.05 Å². The summed E-state index contributed by atoms with van der Waals surface area (Å²) in [4.78, 5) is 46.6. The fraction of sp³-hybridized carbons (Fsp3) is 0.455. The van der Waals surface area contributed by atoms with Crippen molar-refractivity contribution in [1.82, 2.24) is 23.6 Å². The summed E-state index contributed by atoms with van der Waals surface area (Å²) in [6, 6.07) is 18.6. The van der Waals surface area contributed by atoms with Gasteiger partial charge in [0.15, 0.2) is 5.52 Å². The molecular formula is C33H43N5O4.